The van der Waals surface area contributed by atoms with E-state index in [1.165, 1.54) is 12.1 Å². The fourth-order valence-electron chi connectivity index (χ4n) is 2.99. The molecule has 2 N–H and O–H groups in total. The van der Waals surface area contributed by atoms with Crippen molar-refractivity contribution in [3.8, 4) is 0 Å². The molecule has 23 heavy (non-hydrogen) atoms. The molecule has 1 heterocycles. The SMILES string of the molecule is Cc1ccc([N+](=O)[O-])cc1NC(=O)CN1CCCCC1C(C)O. The second-order valence-electron chi connectivity index (χ2n) is 6.08. The number of carbonyl (C=O) groups is 1. The van der Waals surface area contributed by atoms with Crippen LogP contribution in [-0.2, 0) is 4.79 Å². The van der Waals surface area contributed by atoms with Crippen LogP contribution in [0.1, 0.15) is 31.7 Å². The monoisotopic (exact) mass is 321 g/mol. The average molecular weight is 321 g/mol. The standard InChI is InChI=1S/C16H23N3O4/c1-11-6-7-13(19(22)23)9-14(11)17-16(21)10-18-8-4-3-5-15(18)12(2)20/h6-7,9,12,15,20H,3-5,8,10H2,1-2H3,(H,17,21). The van der Waals surface area contributed by atoms with Crippen molar-refractivity contribution in [2.75, 3.05) is 18.4 Å². The van der Waals surface area contributed by atoms with E-state index >= 15 is 0 Å². The molecule has 2 atom stereocenters. The van der Waals surface area contributed by atoms with Crippen molar-refractivity contribution in [1.29, 1.82) is 0 Å². The second-order valence-corrected chi connectivity index (χ2v) is 6.08. The predicted molar refractivity (Wildman–Crippen MR) is 87.4 cm³/mol. The molecule has 0 aromatic heterocycles. The zero-order valence-corrected chi connectivity index (χ0v) is 13.5. The summed E-state index contributed by atoms with van der Waals surface area (Å²) in [4.78, 5) is 24.6. The van der Waals surface area contributed by atoms with Crippen LogP contribution in [0.2, 0.25) is 0 Å². The van der Waals surface area contributed by atoms with Crippen LogP contribution >= 0.6 is 0 Å². The van der Waals surface area contributed by atoms with Gasteiger partial charge in [0, 0.05) is 18.2 Å². The lowest BCUT2D eigenvalue weighted by atomic mass is 9.98. The number of rotatable bonds is 5. The summed E-state index contributed by atoms with van der Waals surface area (Å²) < 4.78 is 0. The first-order valence-electron chi connectivity index (χ1n) is 7.85. The normalized spacial score (nSPS) is 20.0. The number of benzene rings is 1. The van der Waals surface area contributed by atoms with Crippen LogP contribution in [0.15, 0.2) is 18.2 Å². The number of hydrogen-bond acceptors (Lipinski definition) is 5. The second kappa shape index (κ2) is 7.52. The Morgan fingerprint density at radius 1 is 1.52 bits per heavy atom. The number of hydrogen-bond donors (Lipinski definition) is 2. The third-order valence-corrected chi connectivity index (χ3v) is 4.27. The van der Waals surface area contributed by atoms with E-state index in [0.29, 0.717) is 5.69 Å². The maximum atomic E-state index is 12.3. The summed E-state index contributed by atoms with van der Waals surface area (Å²) in [5.41, 5.74) is 1.18. The van der Waals surface area contributed by atoms with Crippen LogP contribution in [0.4, 0.5) is 11.4 Å². The number of aryl methyl sites for hydroxylation is 1. The van der Waals surface area contributed by atoms with Gasteiger partial charge in [0.15, 0.2) is 0 Å². The quantitative estimate of drug-likeness (QED) is 0.639. The molecule has 1 aliphatic rings. The van der Waals surface area contributed by atoms with Crippen molar-refractivity contribution < 1.29 is 14.8 Å². The van der Waals surface area contributed by atoms with Gasteiger partial charge >= 0.3 is 0 Å². The molecule has 0 radical (unpaired) electrons. The molecule has 7 nitrogen and oxygen atoms in total. The van der Waals surface area contributed by atoms with E-state index in [4.69, 9.17) is 0 Å². The summed E-state index contributed by atoms with van der Waals surface area (Å²) in [6.45, 7) is 4.49. The number of anilines is 1. The molecule has 2 unspecified atom stereocenters. The third-order valence-electron chi connectivity index (χ3n) is 4.27. The number of aliphatic hydroxyl groups is 1. The molecule has 0 spiro atoms. The Labute approximate surface area is 135 Å². The number of aliphatic hydroxyl groups excluding tert-OH is 1. The Hall–Kier alpha value is -1.99. The van der Waals surface area contributed by atoms with Gasteiger partial charge < -0.3 is 10.4 Å². The molecule has 0 saturated carbocycles. The molecule has 1 amide bonds. The van der Waals surface area contributed by atoms with Gasteiger partial charge in [-0.3, -0.25) is 19.8 Å². The maximum Gasteiger partial charge on any atom is 0.271 e. The molecule has 126 valence electrons. The van der Waals surface area contributed by atoms with Crippen molar-refractivity contribution >= 4 is 17.3 Å². The Kier molecular flexibility index (Phi) is 5.68. The van der Waals surface area contributed by atoms with Crippen LogP contribution in [0.25, 0.3) is 0 Å². The van der Waals surface area contributed by atoms with Gasteiger partial charge in [-0.15, -0.1) is 0 Å². The minimum Gasteiger partial charge on any atom is -0.392 e. The van der Waals surface area contributed by atoms with Crippen LogP contribution in [0.3, 0.4) is 0 Å². The number of carbonyl (C=O) groups excluding carboxylic acids is 1. The molecule has 1 aromatic carbocycles. The van der Waals surface area contributed by atoms with Crippen LogP contribution in [0, 0.1) is 17.0 Å². The highest BCUT2D eigenvalue weighted by Gasteiger charge is 2.27. The van der Waals surface area contributed by atoms with Gasteiger partial charge in [0.1, 0.15) is 0 Å². The van der Waals surface area contributed by atoms with E-state index in [1.54, 1.807) is 19.9 Å². The number of nitrogens with zero attached hydrogens (tertiary/aromatic N) is 2. The van der Waals surface area contributed by atoms with Gasteiger partial charge in [0.05, 0.1) is 23.3 Å². The van der Waals surface area contributed by atoms with E-state index in [1.807, 2.05) is 4.90 Å². The zero-order valence-electron chi connectivity index (χ0n) is 13.5. The van der Waals surface area contributed by atoms with Crippen LogP contribution < -0.4 is 5.32 Å². The summed E-state index contributed by atoms with van der Waals surface area (Å²) in [6, 6.07) is 4.39. The van der Waals surface area contributed by atoms with Gasteiger partial charge in [0.25, 0.3) is 5.69 Å². The van der Waals surface area contributed by atoms with Crippen LogP contribution in [-0.4, -0.2) is 46.1 Å². The number of likely N-dealkylation sites (tertiary alicyclic amines) is 1. The van der Waals surface area contributed by atoms with Gasteiger partial charge in [-0.25, -0.2) is 0 Å². The van der Waals surface area contributed by atoms with Crippen molar-refractivity contribution in [3.05, 3.63) is 33.9 Å². The largest absolute Gasteiger partial charge is 0.392 e. The fraction of sp³-hybridized carbons (Fsp3) is 0.562. The molecule has 1 aliphatic heterocycles. The van der Waals surface area contributed by atoms with Crippen molar-refractivity contribution in [2.45, 2.75) is 45.3 Å². The first-order valence-corrected chi connectivity index (χ1v) is 7.85. The van der Waals surface area contributed by atoms with Crippen LogP contribution in [0.5, 0.6) is 0 Å². The van der Waals surface area contributed by atoms with Crippen molar-refractivity contribution in [3.63, 3.8) is 0 Å². The Balaban J connectivity index is 2.04. The minimum atomic E-state index is -0.484. The Bertz CT molecular complexity index is 589. The first-order chi connectivity index (χ1) is 10.9. The molecule has 0 bridgehead atoms. The highest BCUT2D eigenvalue weighted by Crippen LogP contribution is 2.23. The summed E-state index contributed by atoms with van der Waals surface area (Å²) in [5, 5.41) is 23.4. The number of nitro benzene ring substituents is 1. The lowest BCUT2D eigenvalue weighted by Crippen LogP contribution is -2.48. The summed E-state index contributed by atoms with van der Waals surface area (Å²) >= 11 is 0. The van der Waals surface area contributed by atoms with Gasteiger partial charge in [-0.05, 0) is 38.8 Å². The minimum absolute atomic E-state index is 0.0132. The molecule has 0 aliphatic carbocycles. The highest BCUT2D eigenvalue weighted by molar-refractivity contribution is 5.93. The van der Waals surface area contributed by atoms with E-state index < -0.39 is 11.0 Å². The molecule has 1 aromatic rings. The van der Waals surface area contributed by atoms with Gasteiger partial charge in [-0.1, -0.05) is 12.5 Å². The highest BCUT2D eigenvalue weighted by atomic mass is 16.6. The number of piperidine rings is 1. The lowest BCUT2D eigenvalue weighted by Gasteiger charge is -2.36. The number of nitro groups is 1. The van der Waals surface area contributed by atoms with E-state index in [9.17, 15) is 20.0 Å². The molecular formula is C16H23N3O4. The molecule has 1 fully saturated rings. The maximum absolute atomic E-state index is 12.3. The zero-order chi connectivity index (χ0) is 17.0. The fourth-order valence-corrected chi connectivity index (χ4v) is 2.99. The smallest absolute Gasteiger partial charge is 0.271 e. The first kappa shape index (κ1) is 17.4. The van der Waals surface area contributed by atoms with Gasteiger partial charge in [-0.2, -0.15) is 0 Å². The van der Waals surface area contributed by atoms with E-state index in [0.717, 1.165) is 31.4 Å². The molecule has 1 saturated heterocycles. The third kappa shape index (κ3) is 4.49. The number of amides is 1. The van der Waals surface area contributed by atoms with E-state index in [2.05, 4.69) is 5.32 Å². The topological polar surface area (TPSA) is 95.7 Å². The van der Waals surface area contributed by atoms with Gasteiger partial charge in [0.2, 0.25) is 5.91 Å². The summed E-state index contributed by atoms with van der Waals surface area (Å²) in [5.74, 6) is -0.221. The average Bonchev–Trinajstić information content (AvgIpc) is 2.49. The van der Waals surface area contributed by atoms with E-state index in [-0.39, 0.29) is 24.2 Å². The number of non-ortho nitro benzene ring substituents is 1. The van der Waals surface area contributed by atoms with Crippen molar-refractivity contribution in [2.24, 2.45) is 0 Å². The Morgan fingerprint density at radius 2 is 2.26 bits per heavy atom. The molecule has 7 heteroatoms. The van der Waals surface area contributed by atoms with Crippen molar-refractivity contribution in [1.82, 2.24) is 4.90 Å². The summed E-state index contributed by atoms with van der Waals surface area (Å²) in [6.07, 6.45) is 2.45. The molecular weight excluding hydrogens is 298 g/mol. The summed E-state index contributed by atoms with van der Waals surface area (Å²) in [7, 11) is 0. The number of nitrogens with one attached hydrogen (secondary N) is 1. The lowest BCUT2D eigenvalue weighted by molar-refractivity contribution is -0.384. The predicted octanol–water partition coefficient (Wildman–Crippen LogP) is 2.08. The molecule has 2 rings (SSSR count). The Morgan fingerprint density at radius 3 is 2.91 bits per heavy atom.